The lowest BCUT2D eigenvalue weighted by Crippen LogP contribution is -2.05. The monoisotopic (exact) mass is 85.0 g/mol. The molecular weight excluding hydrogens is 82.8 g/mol. The summed E-state index contributed by atoms with van der Waals surface area (Å²) in [6.45, 7) is 0. The summed E-state index contributed by atoms with van der Waals surface area (Å²) in [5.74, 6) is 0. The van der Waals surface area contributed by atoms with Gasteiger partial charge in [-0.3, -0.25) is 0 Å². The third-order valence-corrected chi connectivity index (χ3v) is 0.556. The Kier molecular flexibility index (Phi) is 0.496. The molecule has 31 valence electrons. The molecule has 1 rings (SSSR count). The molecule has 5 heteroatoms. The Hall–Kier alpha value is -0.735. The second kappa shape index (κ2) is 0.861. The van der Waals surface area contributed by atoms with Crippen LogP contribution in [0.15, 0.2) is 0 Å². The van der Waals surface area contributed by atoms with Crippen molar-refractivity contribution in [2.45, 2.75) is 0 Å². The zero-order chi connectivity index (χ0) is 4.57. The van der Waals surface area contributed by atoms with E-state index in [4.69, 9.17) is 0 Å². The van der Waals surface area contributed by atoms with E-state index in [0.717, 1.165) is 4.92 Å². The standard InChI is InChI=1S/CH2BN2O2/c5-4(6)3-1-2-3/h1H2. The molecule has 0 aliphatic carbocycles. The SMILES string of the molecule is O=[N+]([O-])N1[B]C1. The first kappa shape index (κ1) is 3.45. The van der Waals surface area contributed by atoms with Crippen molar-refractivity contribution < 1.29 is 5.03 Å². The molecule has 1 radical (unpaired) electrons. The summed E-state index contributed by atoms with van der Waals surface area (Å²) in [5.41, 5.74) is 0. The molecule has 0 aromatic heterocycles. The Balaban J connectivity index is 2.31. The summed E-state index contributed by atoms with van der Waals surface area (Å²) in [6.07, 6.45) is 0.507. The first-order chi connectivity index (χ1) is 2.80. The maximum absolute atomic E-state index is 9.46. The van der Waals surface area contributed by atoms with Crippen LogP contribution in [0.5, 0.6) is 0 Å². The molecule has 6 heavy (non-hydrogen) atoms. The summed E-state index contributed by atoms with van der Waals surface area (Å²) in [7, 11) is 1.50. The van der Waals surface area contributed by atoms with Gasteiger partial charge in [0, 0.05) is 0 Å². The third-order valence-electron chi connectivity index (χ3n) is 0.556. The Morgan fingerprint density at radius 3 is 2.50 bits per heavy atom. The minimum atomic E-state index is -0.444. The Bertz CT molecular complexity index is 79.6. The zero-order valence-electron chi connectivity index (χ0n) is 3.00. The molecule has 0 bridgehead atoms. The highest BCUT2D eigenvalue weighted by atomic mass is 16.7. The first-order valence-electron chi connectivity index (χ1n) is 1.55. The Morgan fingerprint density at radius 1 is 2.00 bits per heavy atom. The van der Waals surface area contributed by atoms with Gasteiger partial charge in [-0.1, -0.05) is 0 Å². The normalized spacial score (nSPS) is 16.3. The van der Waals surface area contributed by atoms with Gasteiger partial charge in [-0.25, -0.2) is 10.1 Å². The summed E-state index contributed by atoms with van der Waals surface area (Å²) in [5, 5.41) is 9.02. The van der Waals surface area contributed by atoms with Gasteiger partial charge in [0.05, 0.1) is 6.44 Å². The van der Waals surface area contributed by atoms with Gasteiger partial charge in [0.15, 0.2) is 0 Å². The van der Waals surface area contributed by atoms with Crippen molar-refractivity contribution in [2.75, 3.05) is 6.44 Å². The first-order valence-corrected chi connectivity index (χ1v) is 1.55. The quantitative estimate of drug-likeness (QED) is 0.179. The minimum Gasteiger partial charge on any atom is -0.236 e. The molecule has 1 fully saturated rings. The maximum atomic E-state index is 9.46. The predicted molar refractivity (Wildman–Crippen MR) is 19.5 cm³/mol. The maximum Gasteiger partial charge on any atom is 0.361 e. The second-order valence-electron chi connectivity index (χ2n) is 1.04. The van der Waals surface area contributed by atoms with Crippen molar-refractivity contribution in [2.24, 2.45) is 0 Å². The lowest BCUT2D eigenvalue weighted by Gasteiger charge is -1.83. The molecule has 1 heterocycles. The van der Waals surface area contributed by atoms with Crippen molar-refractivity contribution >= 4 is 7.41 Å². The minimum absolute atomic E-state index is 0.444. The molecule has 1 saturated heterocycles. The average Bonchev–Trinajstić information content (AvgIpc) is 2.06. The molecule has 0 saturated carbocycles. The van der Waals surface area contributed by atoms with Crippen molar-refractivity contribution in [3.63, 3.8) is 0 Å². The summed E-state index contributed by atoms with van der Waals surface area (Å²) in [6, 6.07) is 0. The van der Waals surface area contributed by atoms with Gasteiger partial charge in [-0.05, 0) is 0 Å². The van der Waals surface area contributed by atoms with Crippen LogP contribution < -0.4 is 0 Å². The van der Waals surface area contributed by atoms with E-state index in [1.165, 1.54) is 7.41 Å². The molecule has 4 nitrogen and oxygen atoms in total. The van der Waals surface area contributed by atoms with Crippen molar-refractivity contribution in [3.8, 4) is 0 Å². The fourth-order valence-electron chi connectivity index (χ4n) is 0.170. The highest BCUT2D eigenvalue weighted by Crippen LogP contribution is 1.95. The van der Waals surface area contributed by atoms with E-state index in [2.05, 4.69) is 0 Å². The Morgan fingerprint density at radius 2 is 2.50 bits per heavy atom. The number of hydrazine groups is 1. The molecule has 0 atom stereocenters. The fraction of sp³-hybridized carbons (Fsp3) is 1.00. The van der Waals surface area contributed by atoms with Crippen LogP contribution in [0.3, 0.4) is 0 Å². The van der Waals surface area contributed by atoms with Crippen LogP contribution >= 0.6 is 0 Å². The Labute approximate surface area is 35.1 Å². The predicted octanol–water partition coefficient (Wildman–Crippen LogP) is -0.930. The van der Waals surface area contributed by atoms with Crippen molar-refractivity contribution in [1.82, 2.24) is 4.92 Å². The number of hydrogen-bond donors (Lipinski definition) is 0. The van der Waals surface area contributed by atoms with Gasteiger partial charge >= 0.3 is 7.41 Å². The fourth-order valence-corrected chi connectivity index (χ4v) is 0.170. The molecule has 0 spiro atoms. The zero-order valence-corrected chi connectivity index (χ0v) is 3.00. The smallest absolute Gasteiger partial charge is 0.236 e. The number of nitrogens with zero attached hydrogens (tertiary/aromatic N) is 2. The summed E-state index contributed by atoms with van der Waals surface area (Å²) >= 11 is 0. The molecular formula is CH2BN2O2. The topological polar surface area (TPSA) is 46.1 Å². The van der Waals surface area contributed by atoms with E-state index in [1.807, 2.05) is 0 Å². The number of hydrogen-bond acceptors (Lipinski definition) is 2. The van der Waals surface area contributed by atoms with Gasteiger partial charge < -0.3 is 0 Å². The lowest BCUT2D eigenvalue weighted by atomic mass is 10.2. The van der Waals surface area contributed by atoms with Gasteiger partial charge in [-0.2, -0.15) is 4.92 Å². The van der Waals surface area contributed by atoms with E-state index in [-0.39, 0.29) is 0 Å². The van der Waals surface area contributed by atoms with Crippen LogP contribution in [0.1, 0.15) is 0 Å². The lowest BCUT2D eigenvalue weighted by molar-refractivity contribution is -0.602. The third kappa shape index (κ3) is 0.427. The molecule has 1 aliphatic rings. The highest BCUT2D eigenvalue weighted by molar-refractivity contribution is 6.42. The number of nitro groups is 1. The van der Waals surface area contributed by atoms with Crippen LogP contribution in [0.2, 0.25) is 0 Å². The van der Waals surface area contributed by atoms with Gasteiger partial charge in [0.25, 0.3) is 0 Å². The average molecular weight is 84.9 g/mol. The van der Waals surface area contributed by atoms with E-state index < -0.39 is 5.03 Å². The summed E-state index contributed by atoms with van der Waals surface area (Å²) < 4.78 is 0. The van der Waals surface area contributed by atoms with Crippen molar-refractivity contribution in [3.05, 3.63) is 10.1 Å². The van der Waals surface area contributed by atoms with Crippen molar-refractivity contribution in [1.29, 1.82) is 0 Å². The summed E-state index contributed by atoms with van der Waals surface area (Å²) in [4.78, 5) is 10.5. The van der Waals surface area contributed by atoms with Crippen LogP contribution in [-0.4, -0.2) is 23.8 Å². The molecule has 0 aromatic rings. The molecule has 0 aromatic carbocycles. The molecule has 0 unspecified atom stereocenters. The van der Waals surface area contributed by atoms with Crippen LogP contribution in [0.4, 0.5) is 0 Å². The van der Waals surface area contributed by atoms with Crippen LogP contribution in [0, 0.1) is 10.1 Å². The van der Waals surface area contributed by atoms with E-state index in [1.54, 1.807) is 0 Å². The number of rotatable bonds is 1. The largest absolute Gasteiger partial charge is 0.361 e. The molecule has 1 aliphatic heterocycles. The van der Waals surface area contributed by atoms with E-state index in [0.29, 0.717) is 6.44 Å². The van der Waals surface area contributed by atoms with Crippen LogP contribution in [-0.2, 0) is 0 Å². The van der Waals surface area contributed by atoms with E-state index in [9.17, 15) is 10.1 Å². The molecule has 0 amide bonds. The highest BCUT2D eigenvalue weighted by Gasteiger charge is 2.30. The van der Waals surface area contributed by atoms with Gasteiger partial charge in [0.2, 0.25) is 0 Å². The van der Waals surface area contributed by atoms with Gasteiger partial charge in [-0.15, -0.1) is 0 Å². The second-order valence-corrected chi connectivity index (χ2v) is 1.04. The van der Waals surface area contributed by atoms with Crippen LogP contribution in [0.25, 0.3) is 0 Å². The van der Waals surface area contributed by atoms with E-state index >= 15 is 0 Å². The molecule has 0 N–H and O–H groups in total. The van der Waals surface area contributed by atoms with Gasteiger partial charge in [0.1, 0.15) is 5.03 Å².